The van der Waals surface area contributed by atoms with Gasteiger partial charge in [0.15, 0.2) is 0 Å². The average Bonchev–Trinajstić information content (AvgIpc) is 3.21. The SMILES string of the molecule is COc1ccc(CCCC(=O)N2C[C@@H](Cc3cc(C)no3)[C@@H](O)C2)cc1. The molecule has 0 spiro atoms. The Morgan fingerprint density at radius 3 is 2.77 bits per heavy atom. The first kappa shape index (κ1) is 18.5. The molecule has 6 nitrogen and oxygen atoms in total. The lowest BCUT2D eigenvalue weighted by Gasteiger charge is -2.16. The number of hydrogen-bond acceptors (Lipinski definition) is 5. The highest BCUT2D eigenvalue weighted by Crippen LogP contribution is 2.23. The summed E-state index contributed by atoms with van der Waals surface area (Å²) in [7, 11) is 1.65. The topological polar surface area (TPSA) is 75.8 Å². The summed E-state index contributed by atoms with van der Waals surface area (Å²) in [6.45, 7) is 2.85. The Morgan fingerprint density at radius 2 is 2.12 bits per heavy atom. The van der Waals surface area contributed by atoms with Crippen molar-refractivity contribution in [3.8, 4) is 5.75 Å². The highest BCUT2D eigenvalue weighted by molar-refractivity contribution is 5.76. The largest absolute Gasteiger partial charge is 0.497 e. The molecule has 1 amide bonds. The molecule has 0 unspecified atom stereocenters. The van der Waals surface area contributed by atoms with E-state index in [-0.39, 0.29) is 11.8 Å². The first-order chi connectivity index (χ1) is 12.5. The van der Waals surface area contributed by atoms with Gasteiger partial charge in [-0.05, 0) is 37.5 Å². The van der Waals surface area contributed by atoms with E-state index in [1.54, 1.807) is 12.0 Å². The Morgan fingerprint density at radius 1 is 1.35 bits per heavy atom. The Bertz CT molecular complexity index is 726. The van der Waals surface area contributed by atoms with Gasteiger partial charge in [-0.15, -0.1) is 0 Å². The Labute approximate surface area is 153 Å². The fourth-order valence-electron chi connectivity index (χ4n) is 3.42. The van der Waals surface area contributed by atoms with E-state index in [0.717, 1.165) is 30.0 Å². The van der Waals surface area contributed by atoms with Crippen molar-refractivity contribution >= 4 is 5.91 Å². The molecule has 1 aromatic carbocycles. The van der Waals surface area contributed by atoms with Crippen molar-refractivity contribution in [1.82, 2.24) is 10.1 Å². The van der Waals surface area contributed by atoms with Crippen LogP contribution in [0.4, 0.5) is 0 Å². The second-order valence-corrected chi connectivity index (χ2v) is 6.97. The predicted molar refractivity (Wildman–Crippen MR) is 97.0 cm³/mol. The molecule has 2 heterocycles. The molecular weight excluding hydrogens is 332 g/mol. The minimum Gasteiger partial charge on any atom is -0.497 e. The van der Waals surface area contributed by atoms with Crippen molar-refractivity contribution in [3.05, 3.63) is 47.3 Å². The molecule has 0 saturated carbocycles. The summed E-state index contributed by atoms with van der Waals surface area (Å²) in [5.74, 6) is 1.71. The Balaban J connectivity index is 1.44. The number of carbonyl (C=O) groups excluding carboxylic acids is 1. The number of aliphatic hydroxyl groups excluding tert-OH is 1. The molecule has 1 fully saturated rings. The number of nitrogens with zero attached hydrogens (tertiary/aromatic N) is 2. The van der Waals surface area contributed by atoms with E-state index in [2.05, 4.69) is 5.16 Å². The van der Waals surface area contributed by atoms with Crippen LogP contribution >= 0.6 is 0 Å². The zero-order valence-corrected chi connectivity index (χ0v) is 15.4. The highest BCUT2D eigenvalue weighted by atomic mass is 16.5. The van der Waals surface area contributed by atoms with Gasteiger partial charge in [0.1, 0.15) is 11.5 Å². The summed E-state index contributed by atoms with van der Waals surface area (Å²) in [4.78, 5) is 14.2. The molecule has 2 aromatic rings. The summed E-state index contributed by atoms with van der Waals surface area (Å²) >= 11 is 0. The molecule has 3 rings (SSSR count). The first-order valence-electron chi connectivity index (χ1n) is 9.06. The van der Waals surface area contributed by atoms with Gasteiger partial charge in [0, 0.05) is 37.9 Å². The van der Waals surface area contributed by atoms with Gasteiger partial charge in [-0.1, -0.05) is 17.3 Å². The van der Waals surface area contributed by atoms with Gasteiger partial charge in [-0.3, -0.25) is 4.79 Å². The minimum absolute atomic E-state index is 0.00730. The van der Waals surface area contributed by atoms with Crippen LogP contribution in [-0.2, 0) is 17.6 Å². The summed E-state index contributed by atoms with van der Waals surface area (Å²) in [5, 5.41) is 14.1. The number of aromatic nitrogens is 1. The average molecular weight is 358 g/mol. The van der Waals surface area contributed by atoms with Crippen molar-refractivity contribution in [2.75, 3.05) is 20.2 Å². The van der Waals surface area contributed by atoms with Crippen LogP contribution < -0.4 is 4.74 Å². The lowest BCUT2D eigenvalue weighted by atomic mass is 10.0. The molecule has 0 aliphatic carbocycles. The number of aryl methyl sites for hydroxylation is 2. The monoisotopic (exact) mass is 358 g/mol. The van der Waals surface area contributed by atoms with Crippen LogP contribution in [0.5, 0.6) is 5.75 Å². The summed E-state index contributed by atoms with van der Waals surface area (Å²) in [6.07, 6.45) is 2.24. The molecule has 1 aromatic heterocycles. The summed E-state index contributed by atoms with van der Waals surface area (Å²) in [5.41, 5.74) is 2.03. The van der Waals surface area contributed by atoms with Gasteiger partial charge in [0.25, 0.3) is 0 Å². The molecule has 1 saturated heterocycles. The third kappa shape index (κ3) is 4.64. The number of rotatable bonds is 7. The maximum absolute atomic E-state index is 12.4. The third-order valence-corrected chi connectivity index (χ3v) is 4.91. The van der Waals surface area contributed by atoms with Gasteiger partial charge in [-0.2, -0.15) is 0 Å². The Hall–Kier alpha value is -2.34. The normalized spacial score (nSPS) is 19.7. The standard InChI is InChI=1S/C20H26N2O4/c1-14-10-18(26-21-14)11-16-12-22(13-19(16)23)20(24)5-3-4-15-6-8-17(25-2)9-7-15/h6-10,16,19,23H,3-5,11-13H2,1-2H3/t16-,19+/m1/s1. The van der Waals surface area contributed by atoms with Gasteiger partial charge < -0.3 is 19.3 Å². The molecule has 0 radical (unpaired) electrons. The number of likely N-dealkylation sites (tertiary alicyclic amines) is 1. The van der Waals surface area contributed by atoms with Crippen molar-refractivity contribution in [3.63, 3.8) is 0 Å². The first-order valence-corrected chi connectivity index (χ1v) is 9.06. The van der Waals surface area contributed by atoms with Crippen LogP contribution in [0.2, 0.25) is 0 Å². The molecule has 2 atom stereocenters. The number of hydrogen-bond donors (Lipinski definition) is 1. The van der Waals surface area contributed by atoms with Gasteiger partial charge >= 0.3 is 0 Å². The second-order valence-electron chi connectivity index (χ2n) is 6.97. The van der Waals surface area contributed by atoms with Crippen molar-refractivity contribution in [2.24, 2.45) is 5.92 Å². The van der Waals surface area contributed by atoms with Gasteiger partial charge in [0.05, 0.1) is 18.9 Å². The molecule has 0 bridgehead atoms. The lowest BCUT2D eigenvalue weighted by molar-refractivity contribution is -0.130. The fraction of sp³-hybridized carbons (Fsp3) is 0.500. The molecule has 26 heavy (non-hydrogen) atoms. The van der Waals surface area contributed by atoms with E-state index < -0.39 is 6.10 Å². The maximum Gasteiger partial charge on any atom is 0.222 e. The van der Waals surface area contributed by atoms with Crippen LogP contribution in [-0.4, -0.2) is 47.4 Å². The van der Waals surface area contributed by atoms with Gasteiger partial charge in [0.2, 0.25) is 5.91 Å². The lowest BCUT2D eigenvalue weighted by Crippen LogP contribution is -2.29. The fourth-order valence-corrected chi connectivity index (χ4v) is 3.42. The van der Waals surface area contributed by atoms with Gasteiger partial charge in [-0.25, -0.2) is 0 Å². The summed E-state index contributed by atoms with van der Waals surface area (Å²) in [6, 6.07) is 9.80. The second kappa shape index (κ2) is 8.36. The van der Waals surface area contributed by atoms with Crippen LogP contribution in [0.3, 0.4) is 0 Å². The number of amides is 1. The predicted octanol–water partition coefficient (Wildman–Crippen LogP) is 2.38. The molecule has 140 valence electrons. The Kier molecular flexibility index (Phi) is 5.93. The van der Waals surface area contributed by atoms with E-state index in [9.17, 15) is 9.90 Å². The number of carbonyl (C=O) groups is 1. The maximum atomic E-state index is 12.4. The smallest absolute Gasteiger partial charge is 0.222 e. The van der Waals surface area contributed by atoms with E-state index >= 15 is 0 Å². The minimum atomic E-state index is -0.508. The number of ether oxygens (including phenoxy) is 1. The summed E-state index contributed by atoms with van der Waals surface area (Å²) < 4.78 is 10.4. The van der Waals surface area contributed by atoms with Crippen molar-refractivity contribution < 1.29 is 19.2 Å². The van der Waals surface area contributed by atoms with Crippen molar-refractivity contribution in [1.29, 1.82) is 0 Å². The van der Waals surface area contributed by atoms with Crippen LogP contribution in [0.15, 0.2) is 34.9 Å². The molecule has 1 N–H and O–H groups in total. The van der Waals surface area contributed by atoms with E-state index in [1.165, 1.54) is 5.56 Å². The van der Waals surface area contributed by atoms with Crippen LogP contribution in [0.1, 0.15) is 29.9 Å². The number of aliphatic hydroxyl groups is 1. The van der Waals surface area contributed by atoms with Crippen LogP contribution in [0, 0.1) is 12.8 Å². The number of methoxy groups -OCH3 is 1. The van der Waals surface area contributed by atoms with E-state index in [1.807, 2.05) is 37.3 Å². The molecule has 6 heteroatoms. The zero-order valence-electron chi connectivity index (χ0n) is 15.4. The van der Waals surface area contributed by atoms with Crippen LogP contribution in [0.25, 0.3) is 0 Å². The highest BCUT2D eigenvalue weighted by Gasteiger charge is 2.34. The zero-order chi connectivity index (χ0) is 18.5. The van der Waals surface area contributed by atoms with E-state index in [4.69, 9.17) is 9.26 Å². The van der Waals surface area contributed by atoms with E-state index in [0.29, 0.717) is 25.9 Å². The molecular formula is C20H26N2O4. The number of benzene rings is 1. The molecule has 1 aliphatic heterocycles. The molecule has 1 aliphatic rings. The number of β-amino-alcohol motifs (C(OH)–C–C–N with tert-alkyl or cyclic N) is 1. The van der Waals surface area contributed by atoms with Crippen molar-refractivity contribution in [2.45, 2.75) is 38.7 Å². The third-order valence-electron chi connectivity index (χ3n) is 4.91. The quantitative estimate of drug-likeness (QED) is 0.822.